The van der Waals surface area contributed by atoms with Gasteiger partial charge in [-0.05, 0) is 5.56 Å². The van der Waals surface area contributed by atoms with Crippen LogP contribution in [0.1, 0.15) is 5.56 Å². The number of fused-ring (bicyclic) bond motifs is 1. The van der Waals surface area contributed by atoms with Gasteiger partial charge in [0, 0.05) is 33.3 Å². The second-order valence-electron chi connectivity index (χ2n) is 7.13. The van der Waals surface area contributed by atoms with Crippen molar-refractivity contribution in [2.45, 2.75) is 6.54 Å². The van der Waals surface area contributed by atoms with E-state index in [1.807, 2.05) is 39.8 Å². The molecule has 0 radical (unpaired) electrons. The number of benzene rings is 1. The van der Waals surface area contributed by atoms with Crippen molar-refractivity contribution in [3.05, 3.63) is 35.9 Å². The van der Waals surface area contributed by atoms with E-state index in [1.165, 1.54) is 0 Å². The van der Waals surface area contributed by atoms with Gasteiger partial charge in [0.15, 0.2) is 17.0 Å². The molecule has 2 heterocycles. The van der Waals surface area contributed by atoms with Crippen LogP contribution in [-0.4, -0.2) is 94.3 Å². The van der Waals surface area contributed by atoms with Crippen molar-refractivity contribution in [1.29, 1.82) is 0 Å². The Hall–Kier alpha value is -2.99. The fourth-order valence-electron chi connectivity index (χ4n) is 3.28. The van der Waals surface area contributed by atoms with Crippen LogP contribution in [0.5, 0.6) is 6.01 Å². The quantitative estimate of drug-likeness (QED) is 0.254. The van der Waals surface area contributed by atoms with Crippen molar-refractivity contribution >= 4 is 22.9 Å². The first-order chi connectivity index (χ1) is 15.7. The molecule has 0 saturated heterocycles. The van der Waals surface area contributed by atoms with Crippen LogP contribution in [0.4, 0.5) is 11.8 Å². The zero-order valence-electron chi connectivity index (χ0n) is 18.3. The lowest BCUT2D eigenvalue weighted by Crippen LogP contribution is -2.34. The lowest BCUT2D eigenvalue weighted by molar-refractivity contribution is 0.141. The summed E-state index contributed by atoms with van der Waals surface area (Å²) < 4.78 is 12.5. The van der Waals surface area contributed by atoms with Gasteiger partial charge in [-0.2, -0.15) is 9.97 Å². The largest absolute Gasteiger partial charge is 0.461 e. The van der Waals surface area contributed by atoms with Crippen LogP contribution in [0, 0.1) is 0 Å². The molecule has 174 valence electrons. The van der Waals surface area contributed by atoms with Crippen LogP contribution >= 0.6 is 0 Å². The summed E-state index contributed by atoms with van der Waals surface area (Å²) in [5, 5.41) is 21.7. The Morgan fingerprint density at radius 2 is 1.78 bits per heavy atom. The van der Waals surface area contributed by atoms with E-state index in [0.29, 0.717) is 63.0 Å². The number of aliphatic hydroxyl groups excluding tert-OH is 2. The van der Waals surface area contributed by atoms with Crippen LogP contribution in [0.3, 0.4) is 0 Å². The summed E-state index contributed by atoms with van der Waals surface area (Å²) in [5.74, 6) is 0.839. The third kappa shape index (κ3) is 6.26. The number of aromatic nitrogens is 4. The molecule has 3 rings (SSSR count). The number of methoxy groups -OCH3 is 1. The first-order valence-corrected chi connectivity index (χ1v) is 10.5. The summed E-state index contributed by atoms with van der Waals surface area (Å²) in [4.78, 5) is 15.4. The second-order valence-corrected chi connectivity index (χ2v) is 7.13. The Labute approximate surface area is 186 Å². The van der Waals surface area contributed by atoms with Crippen molar-refractivity contribution in [2.24, 2.45) is 0 Å². The molecule has 5 N–H and O–H groups in total. The molecule has 11 nitrogen and oxygen atoms in total. The van der Waals surface area contributed by atoms with E-state index in [2.05, 4.69) is 20.3 Å². The number of nitrogen functional groups attached to an aromatic ring is 1. The maximum absolute atomic E-state index is 9.21. The smallest absolute Gasteiger partial charge is 0.320 e. The summed E-state index contributed by atoms with van der Waals surface area (Å²) in [6.07, 6.45) is 0. The fourth-order valence-corrected chi connectivity index (χ4v) is 3.28. The molecule has 0 spiro atoms. The van der Waals surface area contributed by atoms with Crippen LogP contribution in [-0.2, 0) is 11.3 Å². The molecule has 1 aromatic carbocycles. The van der Waals surface area contributed by atoms with E-state index in [1.54, 1.807) is 7.11 Å². The molecular formula is C21H31N7O4. The molecule has 0 aliphatic heterocycles. The summed E-state index contributed by atoms with van der Waals surface area (Å²) in [7, 11) is 1.59. The molecule has 2 aromatic heterocycles. The minimum Gasteiger partial charge on any atom is -0.461 e. The van der Waals surface area contributed by atoms with Gasteiger partial charge in [0.2, 0.25) is 5.95 Å². The van der Waals surface area contributed by atoms with Gasteiger partial charge < -0.3 is 30.7 Å². The number of nitrogens with two attached hydrogens (primary N) is 1. The maximum atomic E-state index is 9.21. The normalized spacial score (nSPS) is 11.4. The lowest BCUT2D eigenvalue weighted by atomic mass is 10.2. The van der Waals surface area contributed by atoms with Crippen molar-refractivity contribution < 1.29 is 19.7 Å². The lowest BCUT2D eigenvalue weighted by Gasteiger charge is -2.20. The highest BCUT2D eigenvalue weighted by Crippen LogP contribution is 2.25. The number of nitrogens with zero attached hydrogens (tertiary/aromatic N) is 5. The highest BCUT2D eigenvalue weighted by molar-refractivity contribution is 5.84. The summed E-state index contributed by atoms with van der Waals surface area (Å²) >= 11 is 0. The molecule has 0 saturated carbocycles. The fraction of sp³-hybridized carbons (Fsp3) is 0.476. The highest BCUT2D eigenvalue weighted by Gasteiger charge is 2.18. The van der Waals surface area contributed by atoms with Gasteiger partial charge in [-0.3, -0.25) is 9.47 Å². The van der Waals surface area contributed by atoms with E-state index in [0.717, 1.165) is 5.56 Å². The Morgan fingerprint density at radius 3 is 2.47 bits per heavy atom. The molecule has 0 unspecified atom stereocenters. The Balaban J connectivity index is 1.87. The first-order valence-electron chi connectivity index (χ1n) is 10.5. The van der Waals surface area contributed by atoms with Gasteiger partial charge in [0.25, 0.3) is 0 Å². The Kier molecular flexibility index (Phi) is 8.99. The molecular weight excluding hydrogens is 414 g/mol. The zero-order valence-corrected chi connectivity index (χ0v) is 18.3. The standard InChI is InChI=1S/C21H31N7O4/c1-31-13-14-32-21-25-18(22)17-19(26-21)28(15-16-5-3-2-4-6-16)20(24-17)23-7-8-27(9-11-29)10-12-30/h2-6,29-30H,7-15H2,1H3,(H,23,24)(H2,22,25,26). The molecule has 0 fully saturated rings. The van der Waals surface area contributed by atoms with E-state index >= 15 is 0 Å². The monoisotopic (exact) mass is 445 g/mol. The van der Waals surface area contributed by atoms with Gasteiger partial charge in [-0.1, -0.05) is 30.3 Å². The third-order valence-electron chi connectivity index (χ3n) is 4.85. The van der Waals surface area contributed by atoms with E-state index in [9.17, 15) is 10.2 Å². The summed E-state index contributed by atoms with van der Waals surface area (Å²) in [5.41, 5.74) is 8.30. The Morgan fingerprint density at radius 1 is 1.03 bits per heavy atom. The SMILES string of the molecule is COCCOc1nc(N)c2nc(NCCN(CCO)CCO)n(Cc3ccccc3)c2n1. The predicted octanol–water partition coefficient (Wildman–Crippen LogP) is 0.181. The summed E-state index contributed by atoms with van der Waals surface area (Å²) in [6.45, 7) is 3.48. The van der Waals surface area contributed by atoms with Gasteiger partial charge >= 0.3 is 6.01 Å². The highest BCUT2D eigenvalue weighted by atomic mass is 16.5. The van der Waals surface area contributed by atoms with Crippen molar-refractivity contribution in [3.63, 3.8) is 0 Å². The van der Waals surface area contributed by atoms with Gasteiger partial charge in [-0.15, -0.1) is 0 Å². The number of hydrogen-bond acceptors (Lipinski definition) is 10. The maximum Gasteiger partial charge on any atom is 0.320 e. The topological polar surface area (TPSA) is 144 Å². The van der Waals surface area contributed by atoms with E-state index in [-0.39, 0.29) is 25.0 Å². The number of imidazole rings is 1. The number of anilines is 2. The molecule has 0 aliphatic carbocycles. The molecule has 0 amide bonds. The van der Waals surface area contributed by atoms with Crippen molar-refractivity contribution in [2.75, 3.05) is 70.8 Å². The second kappa shape index (κ2) is 12.2. The third-order valence-corrected chi connectivity index (χ3v) is 4.85. The summed E-state index contributed by atoms with van der Waals surface area (Å²) in [6, 6.07) is 10.1. The minimum absolute atomic E-state index is 0.0322. The van der Waals surface area contributed by atoms with Crippen LogP contribution in [0.15, 0.2) is 30.3 Å². The zero-order chi connectivity index (χ0) is 22.8. The van der Waals surface area contributed by atoms with E-state index in [4.69, 9.17) is 15.2 Å². The average molecular weight is 446 g/mol. The molecule has 0 aliphatic rings. The molecule has 0 atom stereocenters. The number of nitrogens with one attached hydrogen (secondary N) is 1. The molecule has 3 aromatic rings. The van der Waals surface area contributed by atoms with Crippen LogP contribution in [0.25, 0.3) is 11.2 Å². The number of rotatable bonds is 14. The predicted molar refractivity (Wildman–Crippen MR) is 122 cm³/mol. The first kappa shape index (κ1) is 23.7. The number of hydrogen-bond donors (Lipinski definition) is 4. The van der Waals surface area contributed by atoms with Gasteiger partial charge in [0.1, 0.15) is 6.61 Å². The average Bonchev–Trinajstić information content (AvgIpc) is 3.13. The van der Waals surface area contributed by atoms with Crippen LogP contribution < -0.4 is 15.8 Å². The number of ether oxygens (including phenoxy) is 2. The molecule has 0 bridgehead atoms. The molecule has 32 heavy (non-hydrogen) atoms. The van der Waals surface area contributed by atoms with E-state index < -0.39 is 0 Å². The molecule has 11 heteroatoms. The Bertz CT molecular complexity index is 962. The van der Waals surface area contributed by atoms with Gasteiger partial charge in [0.05, 0.1) is 26.4 Å². The van der Waals surface area contributed by atoms with Gasteiger partial charge in [-0.25, -0.2) is 4.98 Å². The van der Waals surface area contributed by atoms with Crippen molar-refractivity contribution in [3.8, 4) is 6.01 Å². The van der Waals surface area contributed by atoms with Crippen LogP contribution in [0.2, 0.25) is 0 Å². The van der Waals surface area contributed by atoms with Crippen molar-refractivity contribution in [1.82, 2.24) is 24.4 Å². The minimum atomic E-state index is 0.0322. The number of aliphatic hydroxyl groups is 2.